The molecule has 1 aliphatic carbocycles. The molecule has 4 aromatic heterocycles. The summed E-state index contributed by atoms with van der Waals surface area (Å²) in [5, 5.41) is 21.3. The van der Waals surface area contributed by atoms with Gasteiger partial charge in [0.05, 0.1) is 18.1 Å². The lowest BCUT2D eigenvalue weighted by molar-refractivity contribution is 0.148. The van der Waals surface area contributed by atoms with Crippen molar-refractivity contribution in [2.45, 2.75) is 39.1 Å². The van der Waals surface area contributed by atoms with Gasteiger partial charge in [0.1, 0.15) is 18.6 Å². The molecule has 7 rings (SSSR count). The molecule has 42 heavy (non-hydrogen) atoms. The molecule has 4 atom stereocenters. The average Bonchev–Trinajstić information content (AvgIpc) is 3.33. The predicted molar refractivity (Wildman–Crippen MR) is 153 cm³/mol. The number of likely N-dealkylation sites (tertiary alicyclic amines) is 1. The molecule has 3 aliphatic rings. The van der Waals surface area contributed by atoms with Crippen molar-refractivity contribution in [1.29, 1.82) is 0 Å². The van der Waals surface area contributed by atoms with E-state index in [9.17, 15) is 14.7 Å². The summed E-state index contributed by atoms with van der Waals surface area (Å²) in [5.41, 5.74) is 0.884. The van der Waals surface area contributed by atoms with Gasteiger partial charge < -0.3 is 29.7 Å². The molecule has 0 amide bonds. The predicted octanol–water partition coefficient (Wildman–Crippen LogP) is 0.275. The molecule has 2 aliphatic heterocycles. The van der Waals surface area contributed by atoms with Crippen LogP contribution in [0.4, 0.5) is 5.82 Å². The Morgan fingerprint density at radius 1 is 1.21 bits per heavy atom. The molecule has 4 aromatic rings. The molecule has 0 aromatic carbocycles. The quantitative estimate of drug-likeness (QED) is 0.259. The smallest absolute Gasteiger partial charge is 0.332 e. The molecule has 2 fully saturated rings. The van der Waals surface area contributed by atoms with Crippen molar-refractivity contribution in [1.82, 2.24) is 44.0 Å². The highest BCUT2D eigenvalue weighted by molar-refractivity contribution is 5.86. The van der Waals surface area contributed by atoms with E-state index in [0.29, 0.717) is 18.2 Å². The first-order chi connectivity index (χ1) is 20.3. The van der Waals surface area contributed by atoms with Crippen LogP contribution >= 0.6 is 0 Å². The summed E-state index contributed by atoms with van der Waals surface area (Å²) in [4.78, 5) is 46.5. The number of rotatable bonds is 7. The van der Waals surface area contributed by atoms with Crippen molar-refractivity contribution < 1.29 is 9.63 Å². The number of imidazole rings is 1. The number of fused-ring (bicyclic) bond motifs is 2. The number of nitrogens with zero attached hydrogens (tertiary/aromatic N) is 9. The number of pyridine rings is 1. The van der Waals surface area contributed by atoms with Crippen molar-refractivity contribution in [3.63, 3.8) is 0 Å². The molecule has 1 saturated heterocycles. The molecule has 0 bridgehead atoms. The van der Waals surface area contributed by atoms with Crippen LogP contribution in [0, 0.1) is 18.8 Å². The second-order valence-corrected chi connectivity index (χ2v) is 11.2. The molecule has 0 spiro atoms. The van der Waals surface area contributed by atoms with E-state index >= 15 is 0 Å². The lowest BCUT2D eigenvalue weighted by Gasteiger charge is -2.26. The zero-order valence-corrected chi connectivity index (χ0v) is 23.4. The van der Waals surface area contributed by atoms with Crippen LogP contribution in [0.25, 0.3) is 16.7 Å². The van der Waals surface area contributed by atoms with Crippen LogP contribution in [0.2, 0.25) is 0 Å². The Balaban J connectivity index is 1.11. The van der Waals surface area contributed by atoms with Crippen LogP contribution in [0.5, 0.6) is 0 Å². The van der Waals surface area contributed by atoms with Gasteiger partial charge in [-0.1, -0.05) is 11.2 Å². The molecule has 0 radical (unpaired) electrons. The molecule has 6 heterocycles. The van der Waals surface area contributed by atoms with Crippen molar-refractivity contribution in [2.75, 3.05) is 25.0 Å². The Bertz CT molecular complexity index is 1860. The Labute approximate surface area is 239 Å². The highest BCUT2D eigenvalue weighted by Crippen LogP contribution is 2.44. The Hall–Kier alpha value is -4.79. The minimum absolute atomic E-state index is 0.135. The molecule has 3 unspecified atom stereocenters. The van der Waals surface area contributed by atoms with Crippen LogP contribution < -0.4 is 21.9 Å². The lowest BCUT2D eigenvalue weighted by Crippen LogP contribution is -2.42. The van der Waals surface area contributed by atoms with Gasteiger partial charge in [-0.3, -0.25) is 9.36 Å². The largest absolute Gasteiger partial charge is 0.372 e. The number of aromatic nitrogens is 7. The highest BCUT2D eigenvalue weighted by Gasteiger charge is 2.46. The van der Waals surface area contributed by atoms with E-state index in [4.69, 9.17) is 4.52 Å². The van der Waals surface area contributed by atoms with Crippen molar-refractivity contribution in [3.05, 3.63) is 69.0 Å². The van der Waals surface area contributed by atoms with E-state index in [1.54, 1.807) is 24.5 Å². The maximum atomic E-state index is 13.5. The van der Waals surface area contributed by atoms with Crippen LogP contribution in [0.15, 0.2) is 49.8 Å². The number of aliphatic hydroxyl groups is 1. The van der Waals surface area contributed by atoms with Gasteiger partial charge in [0, 0.05) is 38.5 Å². The maximum Gasteiger partial charge on any atom is 0.332 e. The summed E-state index contributed by atoms with van der Waals surface area (Å²) >= 11 is 0. The molecule has 1 saturated carbocycles. The summed E-state index contributed by atoms with van der Waals surface area (Å²) in [7, 11) is 1.53. The van der Waals surface area contributed by atoms with Gasteiger partial charge in [-0.25, -0.2) is 24.3 Å². The minimum Gasteiger partial charge on any atom is -0.372 e. The van der Waals surface area contributed by atoms with Gasteiger partial charge in [-0.15, -0.1) is 0 Å². The number of hydrogen-bond donors (Lipinski definition) is 3. The Morgan fingerprint density at radius 3 is 2.74 bits per heavy atom. The summed E-state index contributed by atoms with van der Waals surface area (Å²) in [6.45, 7) is 5.95. The standard InChI is InChI=1S/C27H31N11O4/c1-14(38-13-30-23-22(38)25(40)37(27(41)35(23)3)12-21-31-15(2)34-42-21)24(39)33-20-6-4-5-19(32-20)18-8-28-26(29-9-18)36-10-16-7-17(16)11-36/h4-6,8,13-14,16-17,24,39H,7,9-12H2,1-3H3,(H,28,29)(H,32,33)/t14-,16?,17?,24?/m0/s1. The maximum absolute atomic E-state index is 13.5. The molecular formula is C27H31N11O4. The van der Waals surface area contributed by atoms with Gasteiger partial charge >= 0.3 is 5.69 Å². The van der Waals surface area contributed by atoms with Gasteiger partial charge in [0.2, 0.25) is 5.89 Å². The molecule has 15 heteroatoms. The van der Waals surface area contributed by atoms with Crippen LogP contribution in [-0.4, -0.2) is 75.6 Å². The fourth-order valence-electron chi connectivity index (χ4n) is 5.72. The van der Waals surface area contributed by atoms with E-state index in [1.165, 1.54) is 24.4 Å². The topological polar surface area (TPSA) is 174 Å². The Kier molecular flexibility index (Phi) is 6.18. The summed E-state index contributed by atoms with van der Waals surface area (Å²) in [5.74, 6) is 3.56. The first-order valence-corrected chi connectivity index (χ1v) is 13.9. The third kappa shape index (κ3) is 4.55. The van der Waals surface area contributed by atoms with E-state index in [0.717, 1.165) is 46.7 Å². The van der Waals surface area contributed by atoms with Gasteiger partial charge in [-0.05, 0) is 44.2 Å². The molecule has 218 valence electrons. The molecule has 15 nitrogen and oxygen atoms in total. The number of aliphatic imine (C=N–C) groups is 1. The number of aliphatic hydroxyl groups excluding tert-OH is 1. The second-order valence-electron chi connectivity index (χ2n) is 11.2. The minimum atomic E-state index is -1.14. The van der Waals surface area contributed by atoms with E-state index in [2.05, 4.69) is 40.6 Å². The van der Waals surface area contributed by atoms with Crippen molar-refractivity contribution >= 4 is 28.5 Å². The summed E-state index contributed by atoms with van der Waals surface area (Å²) in [6, 6.07) is 4.86. The first kappa shape index (κ1) is 26.1. The summed E-state index contributed by atoms with van der Waals surface area (Å²) in [6.07, 6.45) is 3.49. The zero-order chi connectivity index (χ0) is 29.1. The fraction of sp³-hybridized carbons (Fsp3) is 0.444. The second kappa shape index (κ2) is 9.94. The monoisotopic (exact) mass is 573 g/mol. The lowest BCUT2D eigenvalue weighted by atomic mass is 10.1. The van der Waals surface area contributed by atoms with Gasteiger partial charge in [0.15, 0.2) is 22.9 Å². The van der Waals surface area contributed by atoms with Gasteiger partial charge in [-0.2, -0.15) is 4.98 Å². The zero-order valence-electron chi connectivity index (χ0n) is 23.4. The van der Waals surface area contributed by atoms with Gasteiger partial charge in [0.25, 0.3) is 5.56 Å². The SMILES string of the molecule is Cc1noc(Cn2c(=O)c3c(ncn3[C@@H](C)C(O)Nc3cccc(C4=CN=C(N5CC6CC6C5)NC4)n3)n(C)c2=O)n1. The average molecular weight is 574 g/mol. The van der Waals surface area contributed by atoms with Crippen LogP contribution in [-0.2, 0) is 13.6 Å². The van der Waals surface area contributed by atoms with E-state index < -0.39 is 23.5 Å². The number of aryl methyl sites for hydroxylation is 2. The molecular weight excluding hydrogens is 542 g/mol. The fourth-order valence-corrected chi connectivity index (χ4v) is 5.72. The number of anilines is 1. The third-order valence-corrected chi connectivity index (χ3v) is 8.25. The first-order valence-electron chi connectivity index (χ1n) is 13.9. The Morgan fingerprint density at radius 2 is 2.02 bits per heavy atom. The van der Waals surface area contributed by atoms with E-state index in [1.807, 2.05) is 18.3 Å². The highest BCUT2D eigenvalue weighted by atomic mass is 16.5. The number of nitrogens with one attached hydrogen (secondary N) is 2. The number of guanidine groups is 1. The third-order valence-electron chi connectivity index (χ3n) is 8.25. The van der Waals surface area contributed by atoms with Crippen LogP contribution in [0.1, 0.15) is 36.8 Å². The number of piperidine rings is 1. The summed E-state index contributed by atoms with van der Waals surface area (Å²) < 4.78 is 8.95. The molecule has 3 N–H and O–H groups in total. The van der Waals surface area contributed by atoms with E-state index in [-0.39, 0.29) is 23.6 Å². The van der Waals surface area contributed by atoms with Crippen LogP contribution in [0.3, 0.4) is 0 Å². The van der Waals surface area contributed by atoms with Crippen molar-refractivity contribution in [2.24, 2.45) is 23.9 Å². The number of hydrogen-bond acceptors (Lipinski definition) is 12. The normalized spacial score (nSPS) is 21.0. The van der Waals surface area contributed by atoms with Crippen molar-refractivity contribution in [3.8, 4) is 0 Å².